The maximum atomic E-state index is 10.8. The number of nitrogens with zero attached hydrogens (tertiary/aromatic N) is 2. The van der Waals surface area contributed by atoms with Gasteiger partial charge < -0.3 is 25.2 Å². The molecule has 0 radical (unpaired) electrons. The van der Waals surface area contributed by atoms with E-state index in [-0.39, 0.29) is 12.3 Å². The second kappa shape index (κ2) is 7.69. The largest absolute Gasteiger partial charge is 0.390 e. The fourth-order valence-corrected chi connectivity index (χ4v) is 2.97. The first kappa shape index (κ1) is 16.2. The molecule has 2 unspecified atom stereocenters. The second-order valence-corrected chi connectivity index (χ2v) is 5.77. The maximum absolute atomic E-state index is 10.8. The lowest BCUT2D eigenvalue weighted by atomic mass is 10.1. The number of aliphatic hydroxyl groups excluding tert-OH is 2. The van der Waals surface area contributed by atoms with Crippen molar-refractivity contribution in [1.82, 2.24) is 10.3 Å². The Morgan fingerprint density at radius 1 is 1.52 bits per heavy atom. The van der Waals surface area contributed by atoms with Crippen molar-refractivity contribution in [2.75, 3.05) is 37.7 Å². The first-order valence-electron chi connectivity index (χ1n) is 6.96. The summed E-state index contributed by atoms with van der Waals surface area (Å²) in [5.74, 6) is -0.153. The van der Waals surface area contributed by atoms with E-state index in [0.29, 0.717) is 25.5 Å². The lowest BCUT2D eigenvalue weighted by molar-refractivity contribution is -0.119. The third-order valence-corrected chi connectivity index (χ3v) is 4.19. The van der Waals surface area contributed by atoms with Crippen molar-refractivity contribution in [3.05, 3.63) is 11.1 Å². The topological polar surface area (TPSA) is 94.9 Å². The van der Waals surface area contributed by atoms with Crippen LogP contribution in [-0.2, 0) is 9.53 Å². The highest BCUT2D eigenvalue weighted by Crippen LogP contribution is 2.26. The molecule has 21 heavy (non-hydrogen) atoms. The Kier molecular flexibility index (Phi) is 5.92. The number of aromatic nitrogens is 1. The Hall–Kier alpha value is -1.22. The number of hydrogen-bond acceptors (Lipinski definition) is 7. The van der Waals surface area contributed by atoms with Crippen molar-refractivity contribution < 1.29 is 19.7 Å². The third kappa shape index (κ3) is 4.63. The van der Waals surface area contributed by atoms with Crippen LogP contribution in [0.4, 0.5) is 5.13 Å². The Bertz CT molecular complexity index is 462. The number of nitrogens with one attached hydrogen (secondary N) is 1. The van der Waals surface area contributed by atoms with Crippen molar-refractivity contribution in [3.8, 4) is 0 Å². The molecule has 1 amide bonds. The van der Waals surface area contributed by atoms with Crippen LogP contribution in [0, 0.1) is 0 Å². The van der Waals surface area contributed by atoms with Crippen molar-refractivity contribution >= 4 is 22.4 Å². The van der Waals surface area contributed by atoms with Gasteiger partial charge in [-0.1, -0.05) is 0 Å². The highest BCUT2D eigenvalue weighted by atomic mass is 32.1. The van der Waals surface area contributed by atoms with E-state index in [1.54, 1.807) is 5.38 Å². The van der Waals surface area contributed by atoms with Crippen LogP contribution in [0.5, 0.6) is 0 Å². The van der Waals surface area contributed by atoms with Crippen LogP contribution in [0.1, 0.15) is 25.1 Å². The van der Waals surface area contributed by atoms with Crippen molar-refractivity contribution in [2.24, 2.45) is 0 Å². The number of carbonyl (C=O) groups excluding carboxylic acids is 1. The van der Waals surface area contributed by atoms with Crippen LogP contribution in [0.15, 0.2) is 5.38 Å². The van der Waals surface area contributed by atoms with E-state index in [1.165, 1.54) is 18.3 Å². The van der Waals surface area contributed by atoms with Gasteiger partial charge in [0, 0.05) is 31.9 Å². The molecule has 1 aliphatic heterocycles. The molecule has 0 saturated carbocycles. The average molecular weight is 315 g/mol. The van der Waals surface area contributed by atoms with Crippen molar-refractivity contribution in [2.45, 2.75) is 25.6 Å². The first-order chi connectivity index (χ1) is 10.1. The van der Waals surface area contributed by atoms with Gasteiger partial charge in [-0.2, -0.15) is 0 Å². The summed E-state index contributed by atoms with van der Waals surface area (Å²) in [4.78, 5) is 17.3. The standard InChI is InChI=1S/C13H21N3O4S/c1-9(17)14-3-2-11(18)12(19)10-8-21-13(15-10)16-4-6-20-7-5-16/h8,11-12,18-19H,2-7H2,1H3,(H,14,17). The number of ether oxygens (including phenoxy) is 1. The van der Waals surface area contributed by atoms with E-state index in [2.05, 4.69) is 15.2 Å². The minimum absolute atomic E-state index is 0.153. The molecule has 1 fully saturated rings. The quantitative estimate of drug-likeness (QED) is 0.679. The van der Waals surface area contributed by atoms with Gasteiger partial charge in [0.2, 0.25) is 5.91 Å². The molecule has 1 saturated heterocycles. The molecule has 0 spiro atoms. The number of morpholine rings is 1. The molecule has 2 heterocycles. The summed E-state index contributed by atoms with van der Waals surface area (Å²) in [6.45, 7) is 4.67. The second-order valence-electron chi connectivity index (χ2n) is 4.94. The summed E-state index contributed by atoms with van der Waals surface area (Å²) in [5, 5.41) is 25.2. The molecule has 118 valence electrons. The van der Waals surface area contributed by atoms with Gasteiger partial charge in [0.15, 0.2) is 5.13 Å². The number of aliphatic hydroxyl groups is 2. The predicted molar refractivity (Wildman–Crippen MR) is 79.4 cm³/mol. The molecular weight excluding hydrogens is 294 g/mol. The average Bonchev–Trinajstić information content (AvgIpc) is 2.96. The molecule has 2 atom stereocenters. The normalized spacial score (nSPS) is 18.3. The third-order valence-electron chi connectivity index (χ3n) is 3.27. The van der Waals surface area contributed by atoms with Crippen LogP contribution < -0.4 is 10.2 Å². The molecular formula is C13H21N3O4S. The number of anilines is 1. The van der Waals surface area contributed by atoms with Crippen LogP contribution in [0.25, 0.3) is 0 Å². The van der Waals surface area contributed by atoms with E-state index in [0.717, 1.165) is 18.2 Å². The number of hydrogen-bond donors (Lipinski definition) is 3. The van der Waals surface area contributed by atoms with Crippen molar-refractivity contribution in [3.63, 3.8) is 0 Å². The van der Waals surface area contributed by atoms with E-state index < -0.39 is 12.2 Å². The Balaban J connectivity index is 1.88. The SMILES string of the molecule is CC(=O)NCCC(O)C(O)c1csc(N2CCOCC2)n1. The number of carbonyl (C=O) groups is 1. The molecule has 7 nitrogen and oxygen atoms in total. The summed E-state index contributed by atoms with van der Waals surface area (Å²) < 4.78 is 5.29. The summed E-state index contributed by atoms with van der Waals surface area (Å²) in [6, 6.07) is 0. The van der Waals surface area contributed by atoms with Crippen LogP contribution >= 0.6 is 11.3 Å². The molecule has 1 aromatic heterocycles. The smallest absolute Gasteiger partial charge is 0.216 e. The fourth-order valence-electron chi connectivity index (χ4n) is 2.06. The van der Waals surface area contributed by atoms with E-state index in [4.69, 9.17) is 4.74 Å². The lowest BCUT2D eigenvalue weighted by Crippen LogP contribution is -2.36. The van der Waals surface area contributed by atoms with E-state index in [1.807, 2.05) is 0 Å². The number of amides is 1. The van der Waals surface area contributed by atoms with Gasteiger partial charge in [-0.05, 0) is 6.42 Å². The number of rotatable bonds is 6. The maximum Gasteiger partial charge on any atom is 0.216 e. The van der Waals surface area contributed by atoms with Gasteiger partial charge in [0.1, 0.15) is 6.10 Å². The molecule has 3 N–H and O–H groups in total. The minimum atomic E-state index is -1.04. The monoisotopic (exact) mass is 315 g/mol. The summed E-state index contributed by atoms with van der Waals surface area (Å²) in [7, 11) is 0. The van der Waals surface area contributed by atoms with Gasteiger partial charge in [0.05, 0.1) is 25.0 Å². The zero-order chi connectivity index (χ0) is 15.2. The van der Waals surface area contributed by atoms with Gasteiger partial charge in [-0.25, -0.2) is 4.98 Å². The summed E-state index contributed by atoms with van der Waals surface area (Å²) >= 11 is 1.45. The van der Waals surface area contributed by atoms with Gasteiger partial charge >= 0.3 is 0 Å². The van der Waals surface area contributed by atoms with Crippen LogP contribution in [0.2, 0.25) is 0 Å². The van der Waals surface area contributed by atoms with E-state index >= 15 is 0 Å². The number of thiazole rings is 1. The molecule has 8 heteroatoms. The van der Waals surface area contributed by atoms with Gasteiger partial charge in [0.25, 0.3) is 0 Å². The van der Waals surface area contributed by atoms with Crippen LogP contribution in [-0.4, -0.2) is 60.1 Å². The van der Waals surface area contributed by atoms with Crippen LogP contribution in [0.3, 0.4) is 0 Å². The Labute approximate surface area is 127 Å². The fraction of sp³-hybridized carbons (Fsp3) is 0.692. The van der Waals surface area contributed by atoms with Gasteiger partial charge in [-0.15, -0.1) is 11.3 Å². The van der Waals surface area contributed by atoms with E-state index in [9.17, 15) is 15.0 Å². The molecule has 0 aliphatic carbocycles. The highest BCUT2D eigenvalue weighted by molar-refractivity contribution is 7.13. The first-order valence-corrected chi connectivity index (χ1v) is 7.84. The molecule has 0 bridgehead atoms. The molecule has 0 aromatic carbocycles. The summed E-state index contributed by atoms with van der Waals surface area (Å²) in [6.07, 6.45) is -1.70. The summed E-state index contributed by atoms with van der Waals surface area (Å²) in [5.41, 5.74) is 0.469. The zero-order valence-corrected chi connectivity index (χ0v) is 12.8. The molecule has 2 rings (SSSR count). The zero-order valence-electron chi connectivity index (χ0n) is 12.0. The molecule has 1 aromatic rings. The minimum Gasteiger partial charge on any atom is -0.390 e. The predicted octanol–water partition coefficient (Wildman–Crippen LogP) is -0.0998. The molecule has 1 aliphatic rings. The van der Waals surface area contributed by atoms with Crippen molar-refractivity contribution in [1.29, 1.82) is 0 Å². The highest BCUT2D eigenvalue weighted by Gasteiger charge is 2.23. The Morgan fingerprint density at radius 2 is 2.24 bits per heavy atom. The lowest BCUT2D eigenvalue weighted by Gasteiger charge is -2.26. The Morgan fingerprint density at radius 3 is 2.90 bits per heavy atom. The van der Waals surface area contributed by atoms with Gasteiger partial charge in [-0.3, -0.25) is 4.79 Å².